The Kier molecular flexibility index (Phi) is 3.99. The van der Waals surface area contributed by atoms with Crippen LogP contribution in [0.15, 0.2) is 34.2 Å². The van der Waals surface area contributed by atoms with Crippen LogP contribution in [0.5, 0.6) is 0 Å². The van der Waals surface area contributed by atoms with E-state index in [0.717, 1.165) is 0 Å². The van der Waals surface area contributed by atoms with E-state index in [2.05, 4.69) is 21.2 Å². The minimum Gasteiger partial charge on any atom is -0.419 e. The first-order valence-electron chi connectivity index (χ1n) is 5.94. The number of halogens is 2. The second-order valence-corrected chi connectivity index (χ2v) is 5.68. The van der Waals surface area contributed by atoms with E-state index in [1.807, 2.05) is 0 Å². The maximum Gasteiger partial charge on any atom is 0.350 e. The summed E-state index contributed by atoms with van der Waals surface area (Å²) in [6.07, 6.45) is 4.60. The number of rotatable bonds is 2. The molecule has 0 spiro atoms. The summed E-state index contributed by atoms with van der Waals surface area (Å²) in [6.45, 7) is 2.93. The topological polar surface area (TPSA) is 64.6 Å². The van der Waals surface area contributed by atoms with Crippen LogP contribution in [0.3, 0.4) is 0 Å². The fraction of sp³-hybridized carbons (Fsp3) is 0.385. The number of carbonyl (C=O) groups excluding carboxylic acids is 2. The number of hydrogen-bond acceptors (Lipinski definition) is 5. The van der Waals surface area contributed by atoms with Gasteiger partial charge in [-0.1, -0.05) is 6.08 Å². The van der Waals surface area contributed by atoms with E-state index in [0.29, 0.717) is 4.48 Å². The molecule has 0 saturated carbocycles. The van der Waals surface area contributed by atoms with Crippen molar-refractivity contribution in [3.8, 4) is 0 Å². The van der Waals surface area contributed by atoms with Gasteiger partial charge in [-0.3, -0.25) is 0 Å². The van der Waals surface area contributed by atoms with E-state index >= 15 is 0 Å². The van der Waals surface area contributed by atoms with Crippen LogP contribution in [-0.2, 0) is 19.1 Å². The van der Waals surface area contributed by atoms with E-state index in [-0.39, 0.29) is 23.9 Å². The van der Waals surface area contributed by atoms with Crippen LogP contribution in [0.25, 0.3) is 0 Å². The fourth-order valence-corrected chi connectivity index (χ4v) is 2.05. The van der Waals surface area contributed by atoms with Gasteiger partial charge in [0.05, 0.1) is 6.04 Å². The largest absolute Gasteiger partial charge is 0.419 e. The molecule has 1 fully saturated rings. The van der Waals surface area contributed by atoms with E-state index in [4.69, 9.17) is 9.47 Å². The Labute approximate surface area is 123 Å². The van der Waals surface area contributed by atoms with Gasteiger partial charge in [0.2, 0.25) is 0 Å². The smallest absolute Gasteiger partial charge is 0.350 e. The summed E-state index contributed by atoms with van der Waals surface area (Å²) in [7, 11) is 0. The zero-order valence-corrected chi connectivity index (χ0v) is 12.5. The normalized spacial score (nSPS) is 25.2. The van der Waals surface area contributed by atoms with Crippen LogP contribution >= 0.6 is 15.9 Å². The van der Waals surface area contributed by atoms with Gasteiger partial charge in [0.1, 0.15) is 5.83 Å². The predicted molar refractivity (Wildman–Crippen MR) is 72.1 cm³/mol. The predicted octanol–water partition coefficient (Wildman–Crippen LogP) is 2.20. The highest BCUT2D eigenvalue weighted by molar-refractivity contribution is 9.11. The molecule has 0 amide bonds. The summed E-state index contributed by atoms with van der Waals surface area (Å²) < 4.78 is 23.6. The Morgan fingerprint density at radius 2 is 2.00 bits per heavy atom. The number of carbonyl (C=O) groups is 2. The Bertz CT molecular complexity index is 529. The Balaban J connectivity index is 2.04. The van der Waals surface area contributed by atoms with E-state index in [9.17, 15) is 14.0 Å². The zero-order chi connectivity index (χ0) is 14.9. The molecule has 1 aliphatic heterocycles. The SMILES string of the molecule is CC1(C)OC(=O)C(=CNC2C=CC(Br)=C(F)C2)C(=O)O1. The molecule has 1 heterocycles. The average Bonchev–Trinajstić information content (AvgIpc) is 2.31. The molecule has 0 bridgehead atoms. The molecule has 0 radical (unpaired) electrons. The summed E-state index contributed by atoms with van der Waals surface area (Å²) in [5.41, 5.74) is -0.244. The van der Waals surface area contributed by atoms with Crippen molar-refractivity contribution in [3.63, 3.8) is 0 Å². The molecule has 7 heteroatoms. The first kappa shape index (κ1) is 14.8. The van der Waals surface area contributed by atoms with Gasteiger partial charge in [-0.25, -0.2) is 14.0 Å². The van der Waals surface area contributed by atoms with Crippen molar-refractivity contribution in [1.29, 1.82) is 0 Å². The second kappa shape index (κ2) is 5.40. The van der Waals surface area contributed by atoms with Gasteiger partial charge in [0.25, 0.3) is 5.79 Å². The second-order valence-electron chi connectivity index (χ2n) is 4.83. The van der Waals surface area contributed by atoms with Gasteiger partial charge < -0.3 is 14.8 Å². The lowest BCUT2D eigenvalue weighted by molar-refractivity contribution is -0.222. The van der Waals surface area contributed by atoms with Crippen molar-refractivity contribution in [1.82, 2.24) is 5.32 Å². The van der Waals surface area contributed by atoms with E-state index < -0.39 is 17.7 Å². The molecular weight excluding hydrogens is 333 g/mol. The molecule has 1 aliphatic carbocycles. The van der Waals surface area contributed by atoms with Crippen LogP contribution in [0.2, 0.25) is 0 Å². The van der Waals surface area contributed by atoms with Crippen LogP contribution in [0.4, 0.5) is 4.39 Å². The first-order chi connectivity index (χ1) is 9.28. The highest BCUT2D eigenvalue weighted by Crippen LogP contribution is 2.25. The van der Waals surface area contributed by atoms with Gasteiger partial charge in [0.15, 0.2) is 5.57 Å². The number of cyclic esters (lactones) is 2. The number of nitrogens with one attached hydrogen (secondary N) is 1. The molecule has 1 unspecified atom stereocenters. The van der Waals surface area contributed by atoms with Crippen molar-refractivity contribution in [2.75, 3.05) is 0 Å². The number of esters is 2. The summed E-state index contributed by atoms with van der Waals surface area (Å²) in [5, 5.41) is 2.78. The zero-order valence-electron chi connectivity index (χ0n) is 10.9. The van der Waals surface area contributed by atoms with Crippen LogP contribution in [0, 0.1) is 0 Å². The number of hydrogen-bond donors (Lipinski definition) is 1. The Morgan fingerprint density at radius 3 is 2.55 bits per heavy atom. The average molecular weight is 346 g/mol. The van der Waals surface area contributed by atoms with Crippen LogP contribution < -0.4 is 5.32 Å². The van der Waals surface area contributed by atoms with Crippen molar-refractivity contribution in [3.05, 3.63) is 34.2 Å². The summed E-state index contributed by atoms with van der Waals surface area (Å²) in [5.74, 6) is -3.11. The van der Waals surface area contributed by atoms with Gasteiger partial charge in [-0.05, 0) is 22.0 Å². The molecule has 2 aliphatic rings. The minimum atomic E-state index is -1.27. The Hall–Kier alpha value is -1.63. The maximum atomic E-state index is 13.4. The molecule has 1 saturated heterocycles. The summed E-state index contributed by atoms with van der Waals surface area (Å²) >= 11 is 3.07. The van der Waals surface area contributed by atoms with E-state index in [1.165, 1.54) is 20.0 Å². The molecule has 20 heavy (non-hydrogen) atoms. The summed E-state index contributed by atoms with van der Waals surface area (Å²) in [4.78, 5) is 23.3. The highest BCUT2D eigenvalue weighted by atomic mass is 79.9. The minimum absolute atomic E-state index is 0.121. The van der Waals surface area contributed by atoms with Gasteiger partial charge >= 0.3 is 11.9 Å². The summed E-state index contributed by atoms with van der Waals surface area (Å²) in [6, 6.07) is -0.348. The molecule has 1 atom stereocenters. The standard InChI is InChI=1S/C13H13BrFNO4/c1-13(2)19-11(17)8(12(18)20-13)6-16-7-3-4-9(14)10(15)5-7/h3-4,6-7,16H,5H2,1-2H3. The fourth-order valence-electron chi connectivity index (χ4n) is 1.73. The van der Waals surface area contributed by atoms with E-state index in [1.54, 1.807) is 12.2 Å². The van der Waals surface area contributed by atoms with Crippen molar-refractivity contribution in [2.24, 2.45) is 0 Å². The van der Waals surface area contributed by atoms with Gasteiger partial charge in [-0.2, -0.15) is 0 Å². The molecule has 2 rings (SSSR count). The number of allylic oxidation sites excluding steroid dienone is 2. The van der Waals surface area contributed by atoms with Crippen LogP contribution in [0.1, 0.15) is 20.3 Å². The lowest BCUT2D eigenvalue weighted by Gasteiger charge is -2.30. The monoisotopic (exact) mass is 345 g/mol. The lowest BCUT2D eigenvalue weighted by Crippen LogP contribution is -2.42. The maximum absolute atomic E-state index is 13.4. The molecular formula is C13H13BrFNO4. The van der Waals surface area contributed by atoms with Crippen LogP contribution in [-0.4, -0.2) is 23.8 Å². The molecule has 1 N–H and O–H groups in total. The Morgan fingerprint density at radius 1 is 1.40 bits per heavy atom. The molecule has 0 aromatic carbocycles. The van der Waals surface area contributed by atoms with Crippen molar-refractivity contribution in [2.45, 2.75) is 32.1 Å². The quantitative estimate of drug-likeness (QED) is 0.472. The molecule has 5 nitrogen and oxygen atoms in total. The first-order valence-corrected chi connectivity index (χ1v) is 6.73. The molecule has 108 valence electrons. The third-order valence-electron chi connectivity index (χ3n) is 2.69. The van der Waals surface area contributed by atoms with Crippen molar-refractivity contribution < 1.29 is 23.5 Å². The highest BCUT2D eigenvalue weighted by Gasteiger charge is 2.39. The lowest BCUT2D eigenvalue weighted by atomic mass is 10.1. The van der Waals surface area contributed by atoms with Gasteiger partial charge in [-0.15, -0.1) is 0 Å². The number of ether oxygens (including phenoxy) is 2. The van der Waals surface area contributed by atoms with Gasteiger partial charge in [0, 0.05) is 31.0 Å². The third-order valence-corrected chi connectivity index (χ3v) is 3.39. The van der Waals surface area contributed by atoms with Crippen molar-refractivity contribution >= 4 is 27.9 Å². The molecule has 0 aromatic heterocycles. The third kappa shape index (κ3) is 3.27. The molecule has 0 aromatic rings.